The van der Waals surface area contributed by atoms with E-state index in [1.807, 2.05) is 0 Å². The Hall–Kier alpha value is -2.67. The van der Waals surface area contributed by atoms with Gasteiger partial charge in [-0.2, -0.15) is 4.98 Å². The van der Waals surface area contributed by atoms with E-state index in [4.69, 9.17) is 0 Å². The maximum Gasteiger partial charge on any atom is 0.229 e. The first-order valence-electron chi connectivity index (χ1n) is 12.2. The van der Waals surface area contributed by atoms with Crippen LogP contribution in [0.1, 0.15) is 32.8 Å². The summed E-state index contributed by atoms with van der Waals surface area (Å²) >= 11 is 0. The van der Waals surface area contributed by atoms with Crippen LogP contribution in [0.3, 0.4) is 0 Å². The third-order valence-corrected chi connectivity index (χ3v) is 7.74. The molecule has 3 aliphatic rings. The van der Waals surface area contributed by atoms with Gasteiger partial charge in [0.05, 0.1) is 6.20 Å². The van der Waals surface area contributed by atoms with Gasteiger partial charge in [-0.05, 0) is 68.7 Å². The van der Waals surface area contributed by atoms with Crippen LogP contribution in [0.4, 0.5) is 27.5 Å². The number of piperazine rings is 1. The Kier molecular flexibility index (Phi) is 5.99. The standard InChI is InChI=1S/C26H35FN6/c1-16(2)32-9-11-33(12-10-32)23-8-7-21(13-17(23)3)29-26-28-15-22(27)25(31-26)30-24-18(4)19-5-6-20(24)14-19/h5-8,13,15-16,18-20,24H,9-12,14H2,1-4H3,(H2,28,29,30,31). The first kappa shape index (κ1) is 22.1. The highest BCUT2D eigenvalue weighted by Crippen LogP contribution is 2.44. The summed E-state index contributed by atoms with van der Waals surface area (Å²) in [7, 11) is 0. The molecule has 1 aromatic heterocycles. The number of halogens is 1. The van der Waals surface area contributed by atoms with E-state index in [1.54, 1.807) is 0 Å². The fraction of sp³-hybridized carbons (Fsp3) is 0.538. The molecular formula is C26H35FN6. The second-order valence-electron chi connectivity index (χ2n) is 10.1. The van der Waals surface area contributed by atoms with Crippen LogP contribution in [-0.2, 0) is 0 Å². The van der Waals surface area contributed by atoms with Crippen molar-refractivity contribution in [1.29, 1.82) is 0 Å². The van der Waals surface area contributed by atoms with Crippen LogP contribution in [-0.4, -0.2) is 53.1 Å². The lowest BCUT2D eigenvalue weighted by atomic mass is 9.91. The van der Waals surface area contributed by atoms with E-state index in [1.165, 1.54) is 17.4 Å². The molecule has 7 heteroatoms. The van der Waals surface area contributed by atoms with Crippen LogP contribution in [0.15, 0.2) is 36.5 Å². The molecule has 0 spiro atoms. The van der Waals surface area contributed by atoms with Crippen molar-refractivity contribution in [3.05, 3.63) is 47.9 Å². The third kappa shape index (κ3) is 4.43. The Morgan fingerprint density at radius 2 is 1.85 bits per heavy atom. The van der Waals surface area contributed by atoms with E-state index >= 15 is 0 Å². The predicted octanol–water partition coefficient (Wildman–Crippen LogP) is 4.82. The lowest BCUT2D eigenvalue weighted by Gasteiger charge is -2.38. The molecule has 6 nitrogen and oxygen atoms in total. The molecule has 1 aromatic carbocycles. The molecule has 5 rings (SSSR count). The normalized spacial score (nSPS) is 26.9. The topological polar surface area (TPSA) is 56.3 Å². The van der Waals surface area contributed by atoms with Crippen molar-refractivity contribution >= 4 is 23.1 Å². The average Bonchev–Trinajstić information content (AvgIpc) is 3.39. The highest BCUT2D eigenvalue weighted by atomic mass is 19.1. The van der Waals surface area contributed by atoms with Crippen LogP contribution >= 0.6 is 0 Å². The highest BCUT2D eigenvalue weighted by molar-refractivity contribution is 5.64. The van der Waals surface area contributed by atoms with Crippen LogP contribution in [0, 0.1) is 30.5 Å². The first-order valence-corrected chi connectivity index (χ1v) is 12.2. The number of nitrogens with zero attached hydrogens (tertiary/aromatic N) is 4. The van der Waals surface area contributed by atoms with E-state index < -0.39 is 5.82 Å². The molecular weight excluding hydrogens is 415 g/mol. The van der Waals surface area contributed by atoms with E-state index in [0.29, 0.717) is 29.7 Å². The van der Waals surface area contributed by atoms with Gasteiger partial charge in [0, 0.05) is 49.6 Å². The number of hydrogen-bond donors (Lipinski definition) is 2. The Balaban J connectivity index is 1.26. The number of allylic oxidation sites excluding steroid dienone is 1. The van der Waals surface area contributed by atoms with Gasteiger partial charge in [-0.15, -0.1) is 0 Å². The SMILES string of the molecule is Cc1cc(Nc2ncc(F)c(NC3C4C=CC(C4)C3C)n2)ccc1N1CCN(C(C)C)CC1. The number of benzene rings is 1. The summed E-state index contributed by atoms with van der Waals surface area (Å²) in [6.07, 6.45) is 6.95. The van der Waals surface area contributed by atoms with E-state index in [-0.39, 0.29) is 11.9 Å². The zero-order valence-electron chi connectivity index (χ0n) is 20.1. The zero-order valence-corrected chi connectivity index (χ0v) is 20.1. The monoisotopic (exact) mass is 450 g/mol. The summed E-state index contributed by atoms with van der Waals surface area (Å²) in [5.41, 5.74) is 3.39. The fourth-order valence-electron chi connectivity index (χ4n) is 5.69. The van der Waals surface area contributed by atoms with Crippen LogP contribution in [0.5, 0.6) is 0 Å². The van der Waals surface area contributed by atoms with Crippen molar-refractivity contribution in [1.82, 2.24) is 14.9 Å². The molecule has 4 atom stereocenters. The molecule has 4 unspecified atom stereocenters. The first-order chi connectivity index (χ1) is 15.9. The maximum absolute atomic E-state index is 14.5. The Morgan fingerprint density at radius 3 is 2.52 bits per heavy atom. The van der Waals surface area contributed by atoms with Crippen molar-refractivity contribution < 1.29 is 4.39 Å². The van der Waals surface area contributed by atoms with Gasteiger partial charge >= 0.3 is 0 Å². The molecule has 2 bridgehead atoms. The van der Waals surface area contributed by atoms with Crippen molar-refractivity contribution in [2.24, 2.45) is 17.8 Å². The lowest BCUT2D eigenvalue weighted by Crippen LogP contribution is -2.49. The number of hydrogen-bond acceptors (Lipinski definition) is 6. The predicted molar refractivity (Wildman–Crippen MR) is 133 cm³/mol. The lowest BCUT2D eigenvalue weighted by molar-refractivity contribution is 0.209. The molecule has 2 aromatic rings. The van der Waals surface area contributed by atoms with Crippen LogP contribution in [0.2, 0.25) is 0 Å². The van der Waals surface area contributed by atoms with Crippen molar-refractivity contribution in [2.45, 2.75) is 46.2 Å². The summed E-state index contributed by atoms with van der Waals surface area (Å²) in [6, 6.07) is 7.15. The van der Waals surface area contributed by atoms with E-state index in [9.17, 15) is 4.39 Å². The minimum Gasteiger partial charge on any atom is -0.369 e. The minimum atomic E-state index is -0.411. The van der Waals surface area contributed by atoms with Crippen molar-refractivity contribution in [3.63, 3.8) is 0 Å². The molecule has 2 heterocycles. The highest BCUT2D eigenvalue weighted by Gasteiger charge is 2.42. The van der Waals surface area contributed by atoms with Gasteiger partial charge in [0.2, 0.25) is 5.95 Å². The Bertz CT molecular complexity index is 1030. The summed E-state index contributed by atoms with van der Waals surface area (Å²) in [5, 5.41) is 6.63. The summed E-state index contributed by atoms with van der Waals surface area (Å²) < 4.78 is 14.5. The number of fused-ring (bicyclic) bond motifs is 2. The molecule has 1 aliphatic heterocycles. The van der Waals surface area contributed by atoms with Gasteiger partial charge in [-0.25, -0.2) is 9.37 Å². The van der Waals surface area contributed by atoms with Crippen LogP contribution < -0.4 is 15.5 Å². The summed E-state index contributed by atoms with van der Waals surface area (Å²) in [5.74, 6) is 1.79. The third-order valence-electron chi connectivity index (χ3n) is 7.74. The summed E-state index contributed by atoms with van der Waals surface area (Å²) in [6.45, 7) is 13.2. The largest absolute Gasteiger partial charge is 0.369 e. The molecule has 1 saturated heterocycles. The minimum absolute atomic E-state index is 0.218. The van der Waals surface area contributed by atoms with Gasteiger partial charge in [0.25, 0.3) is 0 Å². The molecule has 176 valence electrons. The molecule has 33 heavy (non-hydrogen) atoms. The van der Waals surface area contributed by atoms with Gasteiger partial charge in [-0.3, -0.25) is 4.90 Å². The van der Waals surface area contributed by atoms with Crippen LogP contribution in [0.25, 0.3) is 0 Å². The van der Waals surface area contributed by atoms with Gasteiger partial charge in [0.15, 0.2) is 11.6 Å². The smallest absolute Gasteiger partial charge is 0.229 e. The second kappa shape index (κ2) is 8.93. The molecule has 2 N–H and O–H groups in total. The molecule has 0 amide bonds. The number of rotatable bonds is 6. The quantitative estimate of drug-likeness (QED) is 0.616. The van der Waals surface area contributed by atoms with Gasteiger partial charge < -0.3 is 15.5 Å². The average molecular weight is 451 g/mol. The number of anilines is 4. The molecule has 2 aliphatic carbocycles. The fourth-order valence-corrected chi connectivity index (χ4v) is 5.69. The molecule has 2 fully saturated rings. The number of nitrogens with one attached hydrogen (secondary N) is 2. The van der Waals surface area contributed by atoms with Gasteiger partial charge in [-0.1, -0.05) is 19.1 Å². The number of aromatic nitrogens is 2. The van der Waals surface area contributed by atoms with E-state index in [2.05, 4.69) is 88.4 Å². The van der Waals surface area contributed by atoms with Gasteiger partial charge in [0.1, 0.15) is 0 Å². The van der Waals surface area contributed by atoms with Crippen molar-refractivity contribution in [3.8, 4) is 0 Å². The summed E-state index contributed by atoms with van der Waals surface area (Å²) in [4.78, 5) is 13.6. The second-order valence-corrected chi connectivity index (χ2v) is 10.1. The zero-order chi connectivity index (χ0) is 23.1. The van der Waals surface area contributed by atoms with Crippen molar-refractivity contribution in [2.75, 3.05) is 41.7 Å². The molecule has 1 saturated carbocycles. The molecule has 0 radical (unpaired) electrons. The van der Waals surface area contributed by atoms with E-state index in [0.717, 1.165) is 38.3 Å². The number of aryl methyl sites for hydroxylation is 1. The Morgan fingerprint density at radius 1 is 1.09 bits per heavy atom. The Labute approximate surface area is 196 Å². The maximum atomic E-state index is 14.5.